The van der Waals surface area contributed by atoms with E-state index in [0.29, 0.717) is 6.54 Å². The van der Waals surface area contributed by atoms with Gasteiger partial charge in [0.25, 0.3) is 0 Å². The Morgan fingerprint density at radius 3 is 2.55 bits per heavy atom. The van der Waals surface area contributed by atoms with E-state index in [0.717, 1.165) is 18.7 Å². The first-order valence-corrected chi connectivity index (χ1v) is 3.88. The van der Waals surface area contributed by atoms with Gasteiger partial charge in [0, 0.05) is 32.9 Å². The summed E-state index contributed by atoms with van der Waals surface area (Å²) in [4.78, 5) is 6.02. The van der Waals surface area contributed by atoms with Crippen LogP contribution < -0.4 is 5.73 Å². The topological polar surface area (TPSA) is 41.6 Å². The van der Waals surface area contributed by atoms with Gasteiger partial charge in [-0.2, -0.15) is 0 Å². The third-order valence-electron chi connectivity index (χ3n) is 1.29. The maximum atomic E-state index is 5.41. The molecule has 0 aromatic heterocycles. The highest BCUT2D eigenvalue weighted by Crippen LogP contribution is 1.96. The molecule has 0 aromatic rings. The summed E-state index contributed by atoms with van der Waals surface area (Å²) in [5.41, 5.74) is 6.47. The minimum Gasteiger partial charge on any atom is -0.373 e. The van der Waals surface area contributed by atoms with Crippen LogP contribution in [0, 0.1) is 0 Å². The largest absolute Gasteiger partial charge is 0.373 e. The van der Waals surface area contributed by atoms with E-state index in [2.05, 4.69) is 10.9 Å². The predicted octanol–water partition coefficient (Wildman–Crippen LogP) is 0.470. The van der Waals surface area contributed by atoms with Gasteiger partial charge in [-0.15, -0.1) is 0 Å². The fourth-order valence-corrected chi connectivity index (χ4v) is 0.687. The highest BCUT2D eigenvalue weighted by Gasteiger charge is 1.95. The van der Waals surface area contributed by atoms with Crippen LogP contribution >= 0.6 is 0 Å². The lowest BCUT2D eigenvalue weighted by Gasteiger charge is -2.12. The van der Waals surface area contributed by atoms with Crippen molar-refractivity contribution in [3.05, 3.63) is 5.70 Å². The number of hydrogen-bond donors (Lipinski definition) is 1. The molecule has 0 heterocycles. The van der Waals surface area contributed by atoms with Crippen molar-refractivity contribution in [1.29, 1.82) is 0 Å². The molecule has 0 amide bonds. The Hall–Kier alpha value is -0.790. The molecule has 0 unspecified atom stereocenters. The molecular formula is C8H17N3. The second kappa shape index (κ2) is 5.96. The van der Waals surface area contributed by atoms with Gasteiger partial charge in [0.1, 0.15) is 0 Å². The molecular weight excluding hydrogens is 138 g/mol. The van der Waals surface area contributed by atoms with E-state index < -0.39 is 0 Å². The van der Waals surface area contributed by atoms with Crippen LogP contribution in [0.5, 0.6) is 0 Å². The molecule has 0 spiro atoms. The van der Waals surface area contributed by atoms with E-state index >= 15 is 0 Å². The molecule has 11 heavy (non-hydrogen) atoms. The SMILES string of the molecule is CCN=C=C(CCN)N(C)C. The zero-order valence-electron chi connectivity index (χ0n) is 7.59. The van der Waals surface area contributed by atoms with Crippen molar-refractivity contribution in [3.8, 4) is 0 Å². The summed E-state index contributed by atoms with van der Waals surface area (Å²) in [5, 5.41) is 0. The molecule has 0 atom stereocenters. The fraction of sp³-hybridized carbons (Fsp3) is 0.750. The van der Waals surface area contributed by atoms with Crippen LogP contribution in [0.2, 0.25) is 0 Å². The highest BCUT2D eigenvalue weighted by atomic mass is 15.1. The molecule has 64 valence electrons. The van der Waals surface area contributed by atoms with Crippen molar-refractivity contribution < 1.29 is 0 Å². The molecule has 0 aliphatic heterocycles. The summed E-state index contributed by atoms with van der Waals surface area (Å²) in [6.45, 7) is 3.42. The Balaban J connectivity index is 4.20. The first kappa shape index (κ1) is 10.2. The molecule has 3 heteroatoms. The van der Waals surface area contributed by atoms with Crippen LogP contribution in [-0.2, 0) is 0 Å². The summed E-state index contributed by atoms with van der Waals surface area (Å²) < 4.78 is 0. The third kappa shape index (κ3) is 4.59. The molecule has 0 aliphatic carbocycles. The van der Waals surface area contributed by atoms with E-state index in [1.165, 1.54) is 0 Å². The smallest absolute Gasteiger partial charge is 0.0764 e. The van der Waals surface area contributed by atoms with Crippen molar-refractivity contribution in [3.63, 3.8) is 0 Å². The molecule has 3 nitrogen and oxygen atoms in total. The van der Waals surface area contributed by atoms with Crippen molar-refractivity contribution >= 4 is 5.87 Å². The van der Waals surface area contributed by atoms with Gasteiger partial charge in [0.2, 0.25) is 0 Å². The van der Waals surface area contributed by atoms with Gasteiger partial charge in [-0.05, 0) is 13.5 Å². The van der Waals surface area contributed by atoms with Crippen LogP contribution in [0.1, 0.15) is 13.3 Å². The number of nitrogens with zero attached hydrogens (tertiary/aromatic N) is 2. The van der Waals surface area contributed by atoms with Gasteiger partial charge in [-0.3, -0.25) is 0 Å². The van der Waals surface area contributed by atoms with Gasteiger partial charge < -0.3 is 10.6 Å². The Bertz CT molecular complexity index is 155. The zero-order chi connectivity index (χ0) is 8.69. The summed E-state index contributed by atoms with van der Waals surface area (Å²) in [6, 6.07) is 0. The first-order chi connectivity index (χ1) is 5.22. The Kier molecular flexibility index (Phi) is 5.53. The summed E-state index contributed by atoms with van der Waals surface area (Å²) in [5.74, 6) is 2.96. The molecule has 2 N–H and O–H groups in total. The number of aliphatic imine (C=N–C) groups is 1. The lowest BCUT2D eigenvalue weighted by molar-refractivity contribution is 0.497. The maximum absolute atomic E-state index is 5.41. The van der Waals surface area contributed by atoms with Gasteiger partial charge >= 0.3 is 0 Å². The molecule has 0 aliphatic rings. The van der Waals surface area contributed by atoms with Gasteiger partial charge in [0.15, 0.2) is 0 Å². The molecule has 0 rings (SSSR count). The monoisotopic (exact) mass is 155 g/mol. The second-order valence-electron chi connectivity index (χ2n) is 2.47. The van der Waals surface area contributed by atoms with Gasteiger partial charge in [0.05, 0.1) is 5.70 Å². The molecule has 0 aromatic carbocycles. The van der Waals surface area contributed by atoms with Gasteiger partial charge in [-0.1, -0.05) is 0 Å². The predicted molar refractivity (Wildman–Crippen MR) is 48.8 cm³/mol. The van der Waals surface area contributed by atoms with Crippen LogP contribution in [0.4, 0.5) is 0 Å². The molecule has 0 radical (unpaired) electrons. The van der Waals surface area contributed by atoms with Crippen LogP contribution in [-0.4, -0.2) is 38.0 Å². The fourth-order valence-electron chi connectivity index (χ4n) is 0.687. The quantitative estimate of drug-likeness (QED) is 0.600. The van der Waals surface area contributed by atoms with Crippen molar-refractivity contribution in [2.75, 3.05) is 27.2 Å². The van der Waals surface area contributed by atoms with E-state index in [1.54, 1.807) is 0 Å². The van der Waals surface area contributed by atoms with E-state index in [-0.39, 0.29) is 0 Å². The zero-order valence-corrected chi connectivity index (χ0v) is 7.59. The van der Waals surface area contributed by atoms with Gasteiger partial charge in [-0.25, -0.2) is 4.99 Å². The average molecular weight is 155 g/mol. The lowest BCUT2D eigenvalue weighted by atomic mass is 10.3. The molecule has 0 saturated carbocycles. The average Bonchev–Trinajstić information content (AvgIpc) is 1.97. The standard InChI is InChI=1S/C8H17N3/c1-4-10-7-8(5-6-9)11(2)3/h4-6,9H2,1-3H3. The summed E-state index contributed by atoms with van der Waals surface area (Å²) in [6.07, 6.45) is 0.844. The Labute approximate surface area is 68.6 Å². The van der Waals surface area contributed by atoms with E-state index in [4.69, 9.17) is 5.73 Å². The summed E-state index contributed by atoms with van der Waals surface area (Å²) in [7, 11) is 3.95. The molecule has 0 bridgehead atoms. The lowest BCUT2D eigenvalue weighted by Crippen LogP contribution is -2.15. The molecule has 0 saturated heterocycles. The van der Waals surface area contributed by atoms with Crippen molar-refractivity contribution in [2.45, 2.75) is 13.3 Å². The van der Waals surface area contributed by atoms with Crippen molar-refractivity contribution in [1.82, 2.24) is 4.90 Å². The maximum Gasteiger partial charge on any atom is 0.0764 e. The first-order valence-electron chi connectivity index (χ1n) is 3.88. The minimum atomic E-state index is 0.653. The third-order valence-corrected chi connectivity index (χ3v) is 1.29. The van der Waals surface area contributed by atoms with E-state index in [1.807, 2.05) is 25.9 Å². The Morgan fingerprint density at radius 2 is 2.18 bits per heavy atom. The summed E-state index contributed by atoms with van der Waals surface area (Å²) >= 11 is 0. The van der Waals surface area contributed by atoms with Crippen molar-refractivity contribution in [2.24, 2.45) is 10.7 Å². The van der Waals surface area contributed by atoms with E-state index in [9.17, 15) is 0 Å². The van der Waals surface area contributed by atoms with Crippen LogP contribution in [0.3, 0.4) is 0 Å². The number of hydrogen-bond acceptors (Lipinski definition) is 3. The van der Waals surface area contributed by atoms with Crippen LogP contribution in [0.25, 0.3) is 0 Å². The molecule has 0 fully saturated rings. The Morgan fingerprint density at radius 1 is 1.55 bits per heavy atom. The normalized spacial score (nSPS) is 8.73. The van der Waals surface area contributed by atoms with Crippen LogP contribution in [0.15, 0.2) is 10.7 Å². The number of nitrogens with two attached hydrogens (primary N) is 1. The highest BCUT2D eigenvalue weighted by molar-refractivity contribution is 5.56. The second-order valence-corrected chi connectivity index (χ2v) is 2.47. The minimum absolute atomic E-state index is 0.653. The number of rotatable bonds is 4.